The van der Waals surface area contributed by atoms with Gasteiger partial charge in [-0.2, -0.15) is 5.10 Å². The zero-order valence-electron chi connectivity index (χ0n) is 15.6. The standard InChI is InChI=1S/C21H22ClN3O2/c1-15(2)27-20-10-9-17(22)11-19(20)21(26)24(3)13-16-12-23-25(14-16)18-7-5-4-6-8-18/h4-12,14-15H,13H2,1-3H3. The Morgan fingerprint density at radius 3 is 2.67 bits per heavy atom. The van der Waals surface area contributed by atoms with Gasteiger partial charge in [0.1, 0.15) is 5.75 Å². The summed E-state index contributed by atoms with van der Waals surface area (Å²) in [6.07, 6.45) is 3.65. The second-order valence-corrected chi connectivity index (χ2v) is 7.03. The summed E-state index contributed by atoms with van der Waals surface area (Å²) in [6, 6.07) is 14.9. The minimum atomic E-state index is -0.152. The molecule has 0 fully saturated rings. The number of ether oxygens (including phenoxy) is 1. The zero-order valence-corrected chi connectivity index (χ0v) is 16.3. The number of nitrogens with zero attached hydrogens (tertiary/aromatic N) is 3. The lowest BCUT2D eigenvalue weighted by Gasteiger charge is -2.20. The molecule has 140 valence electrons. The number of hydrogen-bond donors (Lipinski definition) is 0. The first-order chi connectivity index (χ1) is 12.9. The van der Waals surface area contributed by atoms with Crippen molar-refractivity contribution in [2.45, 2.75) is 26.5 Å². The van der Waals surface area contributed by atoms with Gasteiger partial charge in [-0.3, -0.25) is 4.79 Å². The summed E-state index contributed by atoms with van der Waals surface area (Å²) in [5.41, 5.74) is 2.36. The molecule has 0 saturated heterocycles. The largest absolute Gasteiger partial charge is 0.490 e. The first kappa shape index (κ1) is 19.0. The van der Waals surface area contributed by atoms with Crippen LogP contribution in [0, 0.1) is 0 Å². The molecule has 0 spiro atoms. The van der Waals surface area contributed by atoms with E-state index in [9.17, 15) is 4.79 Å². The van der Waals surface area contributed by atoms with Crippen LogP contribution in [0.2, 0.25) is 5.02 Å². The predicted molar refractivity (Wildman–Crippen MR) is 107 cm³/mol. The smallest absolute Gasteiger partial charge is 0.257 e. The van der Waals surface area contributed by atoms with E-state index in [4.69, 9.17) is 16.3 Å². The number of carbonyl (C=O) groups excluding carboxylic acids is 1. The monoisotopic (exact) mass is 383 g/mol. The van der Waals surface area contributed by atoms with Crippen molar-refractivity contribution in [1.82, 2.24) is 14.7 Å². The lowest BCUT2D eigenvalue weighted by molar-refractivity contribution is 0.0779. The van der Waals surface area contributed by atoms with E-state index in [1.807, 2.05) is 50.4 Å². The molecule has 6 heteroatoms. The van der Waals surface area contributed by atoms with Gasteiger partial charge in [0.05, 0.1) is 23.6 Å². The molecule has 3 rings (SSSR count). The maximum Gasteiger partial charge on any atom is 0.257 e. The highest BCUT2D eigenvalue weighted by atomic mass is 35.5. The van der Waals surface area contributed by atoms with Crippen LogP contribution in [0.15, 0.2) is 60.9 Å². The van der Waals surface area contributed by atoms with E-state index in [0.717, 1.165) is 11.3 Å². The number of para-hydroxylation sites is 1. The average Bonchev–Trinajstić information content (AvgIpc) is 3.11. The third kappa shape index (κ3) is 4.68. The molecule has 1 amide bonds. The minimum Gasteiger partial charge on any atom is -0.490 e. The van der Waals surface area contributed by atoms with Gasteiger partial charge in [-0.15, -0.1) is 0 Å². The van der Waals surface area contributed by atoms with Crippen LogP contribution in [-0.2, 0) is 6.54 Å². The van der Waals surface area contributed by atoms with Gasteiger partial charge in [-0.25, -0.2) is 4.68 Å². The highest BCUT2D eigenvalue weighted by molar-refractivity contribution is 6.31. The summed E-state index contributed by atoms with van der Waals surface area (Å²) in [6.45, 7) is 4.27. The van der Waals surface area contributed by atoms with Gasteiger partial charge >= 0.3 is 0 Å². The van der Waals surface area contributed by atoms with Crippen LogP contribution in [-0.4, -0.2) is 33.7 Å². The SMILES string of the molecule is CC(C)Oc1ccc(Cl)cc1C(=O)N(C)Cc1cnn(-c2ccccc2)c1. The maximum atomic E-state index is 12.9. The quantitative estimate of drug-likeness (QED) is 0.625. The Morgan fingerprint density at radius 1 is 1.22 bits per heavy atom. The Morgan fingerprint density at radius 2 is 1.96 bits per heavy atom. The van der Waals surface area contributed by atoms with Crippen LogP contribution >= 0.6 is 11.6 Å². The first-order valence-electron chi connectivity index (χ1n) is 8.74. The normalized spacial score (nSPS) is 10.9. The summed E-state index contributed by atoms with van der Waals surface area (Å²) in [5, 5.41) is 4.88. The van der Waals surface area contributed by atoms with E-state index in [1.165, 1.54) is 0 Å². The molecule has 0 aliphatic rings. The number of amides is 1. The molecule has 0 bridgehead atoms. The Hall–Kier alpha value is -2.79. The molecule has 0 unspecified atom stereocenters. The predicted octanol–water partition coefficient (Wildman–Crippen LogP) is 4.59. The van der Waals surface area contributed by atoms with E-state index >= 15 is 0 Å². The fraction of sp³-hybridized carbons (Fsp3) is 0.238. The van der Waals surface area contributed by atoms with Gasteiger partial charge in [-0.1, -0.05) is 29.8 Å². The van der Waals surface area contributed by atoms with Crippen molar-refractivity contribution in [2.24, 2.45) is 0 Å². The Bertz CT molecular complexity index is 922. The third-order valence-corrected chi connectivity index (χ3v) is 4.19. The number of carbonyl (C=O) groups is 1. The molecule has 0 atom stereocenters. The molecule has 1 aromatic heterocycles. The maximum absolute atomic E-state index is 12.9. The molecular formula is C21H22ClN3O2. The van der Waals surface area contributed by atoms with Gasteiger partial charge in [-0.05, 0) is 44.2 Å². The molecule has 3 aromatic rings. The lowest BCUT2D eigenvalue weighted by atomic mass is 10.1. The Labute approximate surface area is 164 Å². The molecule has 5 nitrogen and oxygen atoms in total. The molecule has 0 aliphatic carbocycles. The summed E-state index contributed by atoms with van der Waals surface area (Å²) in [5.74, 6) is 0.381. The van der Waals surface area contributed by atoms with Gasteiger partial charge in [0.15, 0.2) is 0 Å². The van der Waals surface area contributed by atoms with Crippen molar-refractivity contribution in [3.8, 4) is 11.4 Å². The average molecular weight is 384 g/mol. The van der Waals surface area contributed by atoms with Crippen molar-refractivity contribution in [3.05, 3.63) is 77.1 Å². The summed E-state index contributed by atoms with van der Waals surface area (Å²) in [4.78, 5) is 14.6. The molecule has 1 heterocycles. The van der Waals surface area contributed by atoms with E-state index in [0.29, 0.717) is 22.9 Å². The number of benzene rings is 2. The lowest BCUT2D eigenvalue weighted by Crippen LogP contribution is -2.27. The molecule has 0 aliphatic heterocycles. The molecule has 2 aromatic carbocycles. The third-order valence-electron chi connectivity index (χ3n) is 3.96. The zero-order chi connectivity index (χ0) is 19.4. The second kappa shape index (κ2) is 8.27. The Balaban J connectivity index is 1.77. The van der Waals surface area contributed by atoms with Crippen LogP contribution in [0.1, 0.15) is 29.8 Å². The second-order valence-electron chi connectivity index (χ2n) is 6.60. The number of rotatable bonds is 6. The first-order valence-corrected chi connectivity index (χ1v) is 9.12. The molecule has 27 heavy (non-hydrogen) atoms. The van der Waals surface area contributed by atoms with Gasteiger partial charge < -0.3 is 9.64 Å². The van der Waals surface area contributed by atoms with Crippen molar-refractivity contribution < 1.29 is 9.53 Å². The summed E-state index contributed by atoms with van der Waals surface area (Å²) in [7, 11) is 1.75. The van der Waals surface area contributed by atoms with Crippen molar-refractivity contribution in [1.29, 1.82) is 0 Å². The van der Waals surface area contributed by atoms with Gasteiger partial charge in [0.25, 0.3) is 5.91 Å². The Kier molecular flexibility index (Phi) is 5.81. The highest BCUT2D eigenvalue weighted by Crippen LogP contribution is 2.25. The van der Waals surface area contributed by atoms with Gasteiger partial charge in [0.2, 0.25) is 0 Å². The fourth-order valence-electron chi connectivity index (χ4n) is 2.74. The van der Waals surface area contributed by atoms with Crippen LogP contribution in [0.25, 0.3) is 5.69 Å². The molecule has 0 N–H and O–H groups in total. The van der Waals surface area contributed by atoms with Crippen molar-refractivity contribution >= 4 is 17.5 Å². The van der Waals surface area contributed by atoms with E-state index in [2.05, 4.69) is 5.10 Å². The van der Waals surface area contributed by atoms with Crippen molar-refractivity contribution in [3.63, 3.8) is 0 Å². The van der Waals surface area contributed by atoms with Gasteiger partial charge in [0, 0.05) is 30.4 Å². The minimum absolute atomic E-state index is 0.0351. The van der Waals surface area contributed by atoms with Crippen LogP contribution in [0.3, 0.4) is 0 Å². The number of hydrogen-bond acceptors (Lipinski definition) is 3. The molecular weight excluding hydrogens is 362 g/mol. The molecule has 0 saturated carbocycles. The summed E-state index contributed by atoms with van der Waals surface area (Å²) >= 11 is 6.09. The highest BCUT2D eigenvalue weighted by Gasteiger charge is 2.19. The molecule has 0 radical (unpaired) electrons. The topological polar surface area (TPSA) is 47.4 Å². The number of aromatic nitrogens is 2. The number of halogens is 1. The van der Waals surface area contributed by atoms with Crippen LogP contribution in [0.5, 0.6) is 5.75 Å². The summed E-state index contributed by atoms with van der Waals surface area (Å²) < 4.78 is 7.55. The van der Waals surface area contributed by atoms with E-state index in [-0.39, 0.29) is 12.0 Å². The van der Waals surface area contributed by atoms with E-state index in [1.54, 1.807) is 41.0 Å². The van der Waals surface area contributed by atoms with E-state index < -0.39 is 0 Å². The van der Waals surface area contributed by atoms with Crippen LogP contribution in [0.4, 0.5) is 0 Å². The fourth-order valence-corrected chi connectivity index (χ4v) is 2.91. The van der Waals surface area contributed by atoms with Crippen molar-refractivity contribution in [2.75, 3.05) is 7.05 Å². The van der Waals surface area contributed by atoms with Crippen LogP contribution < -0.4 is 4.74 Å².